The largest absolute Gasteiger partial charge is 0.478 e. The van der Waals surface area contributed by atoms with Crippen LogP contribution >= 0.6 is 15.9 Å². The quantitative estimate of drug-likeness (QED) is 0.871. The third-order valence-electron chi connectivity index (χ3n) is 3.79. The number of nitrogens with one attached hydrogen (secondary N) is 1. The third kappa shape index (κ3) is 4.20. The summed E-state index contributed by atoms with van der Waals surface area (Å²) in [5.41, 5.74) is 1.31. The second kappa shape index (κ2) is 6.93. The Morgan fingerprint density at radius 3 is 2.57 bits per heavy atom. The van der Waals surface area contributed by atoms with Gasteiger partial charge in [-0.2, -0.15) is 0 Å². The van der Waals surface area contributed by atoms with E-state index < -0.39 is 5.97 Å². The first-order chi connectivity index (χ1) is 9.97. The van der Waals surface area contributed by atoms with Gasteiger partial charge in [-0.1, -0.05) is 0 Å². The standard InChI is InChI=1S/C15H19BrN2O3/c1-10(19)17-9-11-4-6-18(7-5-11)14-3-2-12(15(20)21)8-13(14)16/h2-3,8,11H,4-7,9H2,1H3,(H,17,19)(H,20,21). The Morgan fingerprint density at radius 2 is 2.05 bits per heavy atom. The number of anilines is 1. The number of carboxylic acids is 1. The number of carboxylic acid groups (broad SMARTS) is 1. The van der Waals surface area contributed by atoms with Crippen LogP contribution in [0, 0.1) is 5.92 Å². The van der Waals surface area contributed by atoms with Crippen LogP contribution in [0.5, 0.6) is 0 Å². The van der Waals surface area contributed by atoms with Crippen molar-refractivity contribution in [2.45, 2.75) is 19.8 Å². The first-order valence-corrected chi connectivity index (χ1v) is 7.79. The molecule has 0 saturated carbocycles. The lowest BCUT2D eigenvalue weighted by Gasteiger charge is -2.34. The molecule has 1 heterocycles. The average Bonchev–Trinajstić information content (AvgIpc) is 2.45. The Balaban J connectivity index is 1.96. The maximum absolute atomic E-state index is 10.9. The van der Waals surface area contributed by atoms with Crippen LogP contribution in [0.1, 0.15) is 30.1 Å². The number of hydrogen-bond donors (Lipinski definition) is 2. The van der Waals surface area contributed by atoms with Crippen molar-refractivity contribution in [2.75, 3.05) is 24.5 Å². The molecule has 1 saturated heterocycles. The number of carbonyl (C=O) groups is 2. The maximum atomic E-state index is 10.9. The summed E-state index contributed by atoms with van der Waals surface area (Å²) in [7, 11) is 0. The molecule has 21 heavy (non-hydrogen) atoms. The first-order valence-electron chi connectivity index (χ1n) is 6.99. The number of piperidine rings is 1. The molecule has 6 heteroatoms. The van der Waals surface area contributed by atoms with Gasteiger partial charge in [-0.25, -0.2) is 4.79 Å². The summed E-state index contributed by atoms with van der Waals surface area (Å²) in [6.45, 7) is 4.10. The predicted octanol–water partition coefficient (Wildman–Crippen LogP) is 2.50. The Kier molecular flexibility index (Phi) is 5.22. The van der Waals surface area contributed by atoms with Gasteiger partial charge in [0.25, 0.3) is 0 Å². The Labute approximate surface area is 132 Å². The lowest BCUT2D eigenvalue weighted by Crippen LogP contribution is -2.38. The number of rotatable bonds is 4. The predicted molar refractivity (Wildman–Crippen MR) is 84.7 cm³/mol. The van der Waals surface area contributed by atoms with Gasteiger partial charge in [0.1, 0.15) is 0 Å². The second-order valence-electron chi connectivity index (χ2n) is 5.34. The van der Waals surface area contributed by atoms with Crippen molar-refractivity contribution in [3.05, 3.63) is 28.2 Å². The molecule has 0 unspecified atom stereocenters. The van der Waals surface area contributed by atoms with Gasteiger partial charge in [-0.15, -0.1) is 0 Å². The number of aromatic carboxylic acids is 1. The van der Waals surface area contributed by atoms with E-state index in [9.17, 15) is 9.59 Å². The number of carbonyl (C=O) groups excluding carboxylic acids is 1. The van der Waals surface area contributed by atoms with Crippen molar-refractivity contribution in [2.24, 2.45) is 5.92 Å². The molecule has 1 amide bonds. The van der Waals surface area contributed by atoms with Gasteiger partial charge < -0.3 is 15.3 Å². The SMILES string of the molecule is CC(=O)NCC1CCN(c2ccc(C(=O)O)cc2Br)CC1. The molecule has 1 aliphatic rings. The lowest BCUT2D eigenvalue weighted by atomic mass is 9.96. The highest BCUT2D eigenvalue weighted by Crippen LogP contribution is 2.30. The molecule has 0 spiro atoms. The highest BCUT2D eigenvalue weighted by Gasteiger charge is 2.21. The fourth-order valence-corrected chi connectivity index (χ4v) is 3.19. The summed E-state index contributed by atoms with van der Waals surface area (Å²) < 4.78 is 0.808. The molecule has 0 atom stereocenters. The van der Waals surface area contributed by atoms with E-state index >= 15 is 0 Å². The van der Waals surface area contributed by atoms with Gasteiger partial charge in [0.2, 0.25) is 5.91 Å². The normalized spacial score (nSPS) is 15.8. The van der Waals surface area contributed by atoms with Crippen LogP contribution in [0.2, 0.25) is 0 Å². The van der Waals surface area contributed by atoms with Crippen LogP contribution in [0.3, 0.4) is 0 Å². The first kappa shape index (κ1) is 15.8. The maximum Gasteiger partial charge on any atom is 0.335 e. The summed E-state index contributed by atoms with van der Waals surface area (Å²) in [5, 5.41) is 11.8. The third-order valence-corrected chi connectivity index (χ3v) is 4.42. The highest BCUT2D eigenvalue weighted by atomic mass is 79.9. The average molecular weight is 355 g/mol. The van der Waals surface area contributed by atoms with E-state index in [0.717, 1.165) is 42.6 Å². The zero-order chi connectivity index (χ0) is 15.4. The fourth-order valence-electron chi connectivity index (χ4n) is 2.56. The topological polar surface area (TPSA) is 69.6 Å². The van der Waals surface area contributed by atoms with E-state index in [1.54, 1.807) is 12.1 Å². The summed E-state index contributed by atoms with van der Waals surface area (Å²) in [6.07, 6.45) is 2.04. The van der Waals surface area contributed by atoms with Crippen LogP contribution in [0.4, 0.5) is 5.69 Å². The minimum atomic E-state index is -0.920. The molecule has 1 aromatic carbocycles. The molecule has 0 aromatic heterocycles. The zero-order valence-electron chi connectivity index (χ0n) is 11.9. The van der Waals surface area contributed by atoms with Gasteiger partial charge in [-0.05, 0) is 52.9 Å². The Hall–Kier alpha value is -1.56. The molecule has 2 N–H and O–H groups in total. The van der Waals surface area contributed by atoms with Crippen LogP contribution in [-0.4, -0.2) is 36.6 Å². The molecule has 2 rings (SSSR count). The van der Waals surface area contributed by atoms with Crippen LogP contribution in [0.15, 0.2) is 22.7 Å². The minimum absolute atomic E-state index is 0.0180. The van der Waals surface area contributed by atoms with Crippen molar-refractivity contribution in [3.8, 4) is 0 Å². The summed E-state index contributed by atoms with van der Waals surface area (Å²) in [5.74, 6) is -0.386. The molecular formula is C15H19BrN2O3. The second-order valence-corrected chi connectivity index (χ2v) is 6.19. The Bertz CT molecular complexity index is 540. The van der Waals surface area contributed by atoms with E-state index in [4.69, 9.17) is 5.11 Å². The van der Waals surface area contributed by atoms with Crippen LogP contribution < -0.4 is 10.2 Å². The van der Waals surface area contributed by atoms with Crippen molar-refractivity contribution < 1.29 is 14.7 Å². The molecular weight excluding hydrogens is 336 g/mol. The van der Waals surface area contributed by atoms with Gasteiger partial charge in [0.05, 0.1) is 11.3 Å². The summed E-state index contributed by atoms with van der Waals surface area (Å²) >= 11 is 3.45. The van der Waals surface area contributed by atoms with Gasteiger partial charge in [0, 0.05) is 31.0 Å². The van der Waals surface area contributed by atoms with Crippen LogP contribution in [0.25, 0.3) is 0 Å². The minimum Gasteiger partial charge on any atom is -0.478 e. The van der Waals surface area contributed by atoms with Crippen LogP contribution in [-0.2, 0) is 4.79 Å². The van der Waals surface area contributed by atoms with E-state index in [0.29, 0.717) is 5.92 Å². The molecule has 1 aliphatic heterocycles. The molecule has 0 radical (unpaired) electrons. The van der Waals surface area contributed by atoms with E-state index in [1.807, 2.05) is 6.07 Å². The van der Waals surface area contributed by atoms with E-state index in [1.165, 1.54) is 6.92 Å². The monoisotopic (exact) mass is 354 g/mol. The van der Waals surface area contributed by atoms with E-state index in [2.05, 4.69) is 26.1 Å². The smallest absolute Gasteiger partial charge is 0.335 e. The lowest BCUT2D eigenvalue weighted by molar-refractivity contribution is -0.119. The van der Waals surface area contributed by atoms with Gasteiger partial charge in [0.15, 0.2) is 0 Å². The molecule has 5 nitrogen and oxygen atoms in total. The van der Waals surface area contributed by atoms with Gasteiger partial charge in [-0.3, -0.25) is 4.79 Å². The fraction of sp³-hybridized carbons (Fsp3) is 0.467. The summed E-state index contributed by atoms with van der Waals surface area (Å²) in [6, 6.07) is 5.12. The highest BCUT2D eigenvalue weighted by molar-refractivity contribution is 9.10. The molecule has 0 aliphatic carbocycles. The summed E-state index contributed by atoms with van der Waals surface area (Å²) in [4.78, 5) is 24.1. The number of halogens is 1. The molecule has 1 fully saturated rings. The molecule has 0 bridgehead atoms. The number of amides is 1. The zero-order valence-corrected chi connectivity index (χ0v) is 13.5. The van der Waals surface area contributed by atoms with Crippen molar-refractivity contribution in [1.29, 1.82) is 0 Å². The van der Waals surface area contributed by atoms with Crippen molar-refractivity contribution >= 4 is 33.5 Å². The number of benzene rings is 1. The van der Waals surface area contributed by atoms with Gasteiger partial charge >= 0.3 is 5.97 Å². The molecule has 1 aromatic rings. The number of hydrogen-bond acceptors (Lipinski definition) is 3. The van der Waals surface area contributed by atoms with E-state index in [-0.39, 0.29) is 11.5 Å². The van der Waals surface area contributed by atoms with Crippen molar-refractivity contribution in [3.63, 3.8) is 0 Å². The number of nitrogens with zero attached hydrogens (tertiary/aromatic N) is 1. The Morgan fingerprint density at radius 1 is 1.38 bits per heavy atom. The van der Waals surface area contributed by atoms with Crippen molar-refractivity contribution in [1.82, 2.24) is 5.32 Å². The molecule has 114 valence electrons.